The molecule has 2 aromatic rings. The van der Waals surface area contributed by atoms with Crippen molar-refractivity contribution in [1.82, 2.24) is 25.1 Å². The third-order valence-electron chi connectivity index (χ3n) is 3.18. The van der Waals surface area contributed by atoms with Crippen LogP contribution in [-0.4, -0.2) is 32.8 Å². The van der Waals surface area contributed by atoms with E-state index in [1.54, 1.807) is 0 Å². The number of rotatable bonds is 1. The molecule has 1 fully saturated rings. The molecular formula is C11H15N5. The van der Waals surface area contributed by atoms with Crippen molar-refractivity contribution in [2.75, 3.05) is 13.1 Å². The Bertz CT molecular complexity index is 524. The summed E-state index contributed by atoms with van der Waals surface area (Å²) in [6.45, 7) is 4.04. The molecule has 1 saturated heterocycles. The van der Waals surface area contributed by atoms with Crippen LogP contribution < -0.4 is 5.32 Å². The molecule has 0 amide bonds. The fraction of sp³-hybridized carbons (Fsp3) is 0.545. The van der Waals surface area contributed by atoms with Gasteiger partial charge in [0.25, 0.3) is 0 Å². The molecule has 1 atom stereocenters. The first kappa shape index (κ1) is 9.72. The van der Waals surface area contributed by atoms with Crippen molar-refractivity contribution in [1.29, 1.82) is 0 Å². The predicted octanol–water partition coefficient (Wildman–Crippen LogP) is 0.749. The zero-order valence-electron chi connectivity index (χ0n) is 9.56. The highest BCUT2D eigenvalue weighted by Crippen LogP contribution is 2.26. The van der Waals surface area contributed by atoms with Gasteiger partial charge in [0, 0.05) is 19.5 Å². The molecule has 1 aliphatic heterocycles. The molecule has 3 heterocycles. The zero-order valence-corrected chi connectivity index (χ0v) is 9.56. The fourth-order valence-corrected chi connectivity index (χ4v) is 2.36. The molecule has 2 aromatic heterocycles. The van der Waals surface area contributed by atoms with Gasteiger partial charge < -0.3 is 5.32 Å². The van der Waals surface area contributed by atoms with Crippen molar-refractivity contribution in [3.8, 4) is 0 Å². The zero-order chi connectivity index (χ0) is 11.1. The maximum absolute atomic E-state index is 4.59. The van der Waals surface area contributed by atoms with Crippen molar-refractivity contribution in [2.45, 2.75) is 19.3 Å². The van der Waals surface area contributed by atoms with Gasteiger partial charge in [-0.2, -0.15) is 5.10 Å². The highest BCUT2D eigenvalue weighted by Gasteiger charge is 2.22. The minimum absolute atomic E-state index is 0.508. The summed E-state index contributed by atoms with van der Waals surface area (Å²) >= 11 is 0. The van der Waals surface area contributed by atoms with E-state index in [-0.39, 0.29) is 0 Å². The summed E-state index contributed by atoms with van der Waals surface area (Å²) < 4.78 is 1.82. The number of nitrogens with zero attached hydrogens (tertiary/aromatic N) is 4. The van der Waals surface area contributed by atoms with Gasteiger partial charge in [0.1, 0.15) is 5.82 Å². The van der Waals surface area contributed by atoms with Crippen molar-refractivity contribution < 1.29 is 0 Å². The summed E-state index contributed by atoms with van der Waals surface area (Å²) in [6, 6.07) is 0. The SMILES string of the molecule is Cc1nc(C2CCNC2)c2cnn(C)c2n1. The Hall–Kier alpha value is -1.49. The number of fused-ring (bicyclic) bond motifs is 1. The van der Waals surface area contributed by atoms with Gasteiger partial charge in [0.15, 0.2) is 5.65 Å². The molecule has 1 unspecified atom stereocenters. The molecule has 0 aliphatic carbocycles. The first-order valence-corrected chi connectivity index (χ1v) is 5.62. The molecule has 84 valence electrons. The predicted molar refractivity (Wildman–Crippen MR) is 61.3 cm³/mol. The van der Waals surface area contributed by atoms with Crippen LogP contribution in [0.1, 0.15) is 23.9 Å². The summed E-state index contributed by atoms with van der Waals surface area (Å²) in [6.07, 6.45) is 3.03. The van der Waals surface area contributed by atoms with Crippen LogP contribution in [0, 0.1) is 6.92 Å². The summed E-state index contributed by atoms with van der Waals surface area (Å²) in [7, 11) is 1.92. The maximum atomic E-state index is 4.59. The van der Waals surface area contributed by atoms with Crippen LogP contribution in [-0.2, 0) is 7.05 Å². The molecule has 1 aliphatic rings. The Morgan fingerprint density at radius 3 is 3.06 bits per heavy atom. The van der Waals surface area contributed by atoms with E-state index in [0.717, 1.165) is 42.1 Å². The first-order chi connectivity index (χ1) is 7.75. The number of hydrogen-bond acceptors (Lipinski definition) is 4. The largest absolute Gasteiger partial charge is 0.316 e. The monoisotopic (exact) mass is 217 g/mol. The van der Waals surface area contributed by atoms with Gasteiger partial charge in [-0.15, -0.1) is 0 Å². The Balaban J connectivity index is 2.21. The van der Waals surface area contributed by atoms with E-state index in [1.807, 2.05) is 24.9 Å². The minimum Gasteiger partial charge on any atom is -0.316 e. The fourth-order valence-electron chi connectivity index (χ4n) is 2.36. The van der Waals surface area contributed by atoms with Crippen molar-refractivity contribution in [2.24, 2.45) is 7.05 Å². The second-order valence-corrected chi connectivity index (χ2v) is 4.35. The summed E-state index contributed by atoms with van der Waals surface area (Å²) in [5.41, 5.74) is 2.09. The van der Waals surface area contributed by atoms with E-state index in [4.69, 9.17) is 0 Å². The molecule has 1 N–H and O–H groups in total. The Morgan fingerprint density at radius 2 is 2.31 bits per heavy atom. The van der Waals surface area contributed by atoms with Crippen LogP contribution in [0.4, 0.5) is 0 Å². The van der Waals surface area contributed by atoms with E-state index in [2.05, 4.69) is 20.4 Å². The van der Waals surface area contributed by atoms with Crippen molar-refractivity contribution in [3.63, 3.8) is 0 Å². The summed E-state index contributed by atoms with van der Waals surface area (Å²) in [5.74, 6) is 1.34. The number of nitrogens with one attached hydrogen (secondary N) is 1. The van der Waals surface area contributed by atoms with Gasteiger partial charge in [0.05, 0.1) is 17.3 Å². The number of hydrogen-bond donors (Lipinski definition) is 1. The lowest BCUT2D eigenvalue weighted by molar-refractivity contribution is 0.732. The van der Waals surface area contributed by atoms with E-state index < -0.39 is 0 Å². The highest BCUT2D eigenvalue weighted by molar-refractivity contribution is 5.77. The molecule has 5 nitrogen and oxygen atoms in total. The van der Waals surface area contributed by atoms with Gasteiger partial charge in [-0.1, -0.05) is 0 Å². The quantitative estimate of drug-likeness (QED) is 0.765. The molecular weight excluding hydrogens is 202 g/mol. The van der Waals surface area contributed by atoms with Crippen LogP contribution in [0.5, 0.6) is 0 Å². The standard InChI is InChI=1S/C11H15N5/c1-7-14-10(8-3-4-12-5-8)9-6-13-16(2)11(9)15-7/h6,8,12H,3-5H2,1-2H3. The third kappa shape index (κ3) is 1.39. The van der Waals surface area contributed by atoms with Gasteiger partial charge in [-0.3, -0.25) is 4.68 Å². The third-order valence-corrected chi connectivity index (χ3v) is 3.18. The van der Waals surface area contributed by atoms with E-state index in [0.29, 0.717) is 5.92 Å². The highest BCUT2D eigenvalue weighted by atomic mass is 15.3. The lowest BCUT2D eigenvalue weighted by Crippen LogP contribution is -2.10. The average Bonchev–Trinajstić information content (AvgIpc) is 2.88. The van der Waals surface area contributed by atoms with E-state index in [9.17, 15) is 0 Å². The molecule has 16 heavy (non-hydrogen) atoms. The smallest absolute Gasteiger partial charge is 0.161 e. The van der Waals surface area contributed by atoms with Crippen molar-refractivity contribution >= 4 is 11.0 Å². The van der Waals surface area contributed by atoms with Crippen LogP contribution in [0.2, 0.25) is 0 Å². The number of aromatic nitrogens is 4. The van der Waals surface area contributed by atoms with Gasteiger partial charge in [-0.05, 0) is 19.9 Å². The Kier molecular flexibility index (Phi) is 2.14. The first-order valence-electron chi connectivity index (χ1n) is 5.62. The van der Waals surface area contributed by atoms with Gasteiger partial charge >= 0.3 is 0 Å². The second-order valence-electron chi connectivity index (χ2n) is 4.35. The van der Waals surface area contributed by atoms with Crippen LogP contribution in [0.25, 0.3) is 11.0 Å². The molecule has 0 bridgehead atoms. The normalized spacial score (nSPS) is 20.8. The van der Waals surface area contributed by atoms with Crippen LogP contribution in [0.3, 0.4) is 0 Å². The van der Waals surface area contributed by atoms with Crippen LogP contribution >= 0.6 is 0 Å². The molecule has 3 rings (SSSR count). The van der Waals surface area contributed by atoms with Crippen LogP contribution in [0.15, 0.2) is 6.20 Å². The van der Waals surface area contributed by atoms with E-state index in [1.165, 1.54) is 0 Å². The van der Waals surface area contributed by atoms with Crippen molar-refractivity contribution in [3.05, 3.63) is 17.7 Å². The van der Waals surface area contributed by atoms with E-state index >= 15 is 0 Å². The Morgan fingerprint density at radius 1 is 1.44 bits per heavy atom. The average molecular weight is 217 g/mol. The van der Waals surface area contributed by atoms with Gasteiger partial charge in [0.2, 0.25) is 0 Å². The number of aryl methyl sites for hydroxylation is 2. The Labute approximate surface area is 93.9 Å². The second kappa shape index (κ2) is 3.52. The maximum Gasteiger partial charge on any atom is 0.161 e. The molecule has 0 radical (unpaired) electrons. The summed E-state index contributed by atoms with van der Waals surface area (Å²) in [4.78, 5) is 9.03. The van der Waals surface area contributed by atoms with Gasteiger partial charge in [-0.25, -0.2) is 9.97 Å². The summed E-state index contributed by atoms with van der Waals surface area (Å²) in [5, 5.41) is 8.74. The molecule has 5 heteroatoms. The topological polar surface area (TPSA) is 55.6 Å². The molecule has 0 saturated carbocycles. The molecule has 0 spiro atoms. The molecule has 0 aromatic carbocycles. The minimum atomic E-state index is 0.508. The lowest BCUT2D eigenvalue weighted by atomic mass is 10.0. The lowest BCUT2D eigenvalue weighted by Gasteiger charge is -2.09.